The minimum absolute atomic E-state index is 0.285. The summed E-state index contributed by atoms with van der Waals surface area (Å²) < 4.78 is 39.4. The lowest BCUT2D eigenvalue weighted by Crippen LogP contribution is -2.08. The first-order valence-corrected chi connectivity index (χ1v) is 6.66. The number of hydrogen-bond donors (Lipinski definition) is 0. The maximum absolute atomic E-state index is 12.7. The fourth-order valence-electron chi connectivity index (χ4n) is 1.63. The van der Waals surface area contributed by atoms with Gasteiger partial charge in [0.2, 0.25) is 0 Å². The van der Waals surface area contributed by atoms with Gasteiger partial charge in [-0.2, -0.15) is 18.3 Å². The van der Waals surface area contributed by atoms with Crippen molar-refractivity contribution in [3.8, 4) is 5.69 Å². The molecule has 1 heterocycles. The van der Waals surface area contributed by atoms with Crippen molar-refractivity contribution < 1.29 is 13.2 Å². The van der Waals surface area contributed by atoms with E-state index in [4.69, 9.17) is 11.6 Å². The highest BCUT2D eigenvalue weighted by atomic mass is 79.9. The van der Waals surface area contributed by atoms with Crippen molar-refractivity contribution in [2.45, 2.75) is 17.9 Å². The molecular weight excluding hydrogens is 344 g/mol. The molecule has 0 fully saturated rings. The molecule has 2 nitrogen and oxygen atoms in total. The number of hydrogen-bond acceptors (Lipinski definition) is 1. The molecule has 0 radical (unpaired) electrons. The molecule has 102 valence electrons. The molecule has 7 heteroatoms. The zero-order valence-electron chi connectivity index (χ0n) is 9.75. The second-order valence-electron chi connectivity index (χ2n) is 3.93. The monoisotopic (exact) mass is 352 g/mol. The maximum atomic E-state index is 12.7. The van der Waals surface area contributed by atoms with Gasteiger partial charge in [0.15, 0.2) is 5.69 Å². The highest BCUT2D eigenvalue weighted by molar-refractivity contribution is 9.09. The minimum Gasteiger partial charge on any atom is -0.235 e. The Hall–Kier alpha value is -1.01. The molecule has 19 heavy (non-hydrogen) atoms. The van der Waals surface area contributed by atoms with Gasteiger partial charge in [-0.3, -0.25) is 0 Å². The van der Waals surface area contributed by atoms with Crippen molar-refractivity contribution in [3.63, 3.8) is 0 Å². The number of aromatic nitrogens is 2. The third-order valence-electron chi connectivity index (χ3n) is 2.52. The summed E-state index contributed by atoms with van der Waals surface area (Å²) in [5.74, 6) is 0. The van der Waals surface area contributed by atoms with Gasteiger partial charge < -0.3 is 0 Å². The molecule has 0 bridgehead atoms. The van der Waals surface area contributed by atoms with Crippen LogP contribution in [0.5, 0.6) is 0 Å². The van der Waals surface area contributed by atoms with E-state index >= 15 is 0 Å². The van der Waals surface area contributed by atoms with Gasteiger partial charge in [-0.05, 0) is 25.1 Å². The van der Waals surface area contributed by atoms with E-state index in [-0.39, 0.29) is 4.83 Å². The molecule has 0 N–H and O–H groups in total. The first-order valence-electron chi connectivity index (χ1n) is 5.37. The number of halogens is 5. The normalized spacial score (nSPS) is 13.6. The molecule has 2 aromatic rings. The second-order valence-corrected chi connectivity index (χ2v) is 5.71. The lowest BCUT2D eigenvalue weighted by molar-refractivity contribution is -0.141. The van der Waals surface area contributed by atoms with Crippen molar-refractivity contribution in [2.75, 3.05) is 0 Å². The first-order chi connectivity index (χ1) is 8.80. The lowest BCUT2D eigenvalue weighted by Gasteiger charge is -2.10. The number of rotatable bonds is 2. The average Bonchev–Trinajstić information content (AvgIpc) is 2.74. The van der Waals surface area contributed by atoms with Crippen LogP contribution in [0.15, 0.2) is 30.3 Å². The van der Waals surface area contributed by atoms with E-state index in [0.29, 0.717) is 16.4 Å². The molecule has 1 unspecified atom stereocenters. The molecule has 1 aromatic carbocycles. The predicted molar refractivity (Wildman–Crippen MR) is 70.9 cm³/mol. The standard InChI is InChI=1S/C12H9BrClF3N2/c1-7(13)10-6-11(12(15,16)17)18-19(10)9-5-3-2-4-8(9)14/h2-7H,1H3. The minimum atomic E-state index is -4.48. The van der Waals surface area contributed by atoms with Gasteiger partial charge in [0.1, 0.15) is 0 Å². The summed E-state index contributed by atoms with van der Waals surface area (Å²) in [6.07, 6.45) is -4.48. The number of alkyl halides is 4. The van der Waals surface area contributed by atoms with Crippen molar-refractivity contribution >= 4 is 27.5 Å². The summed E-state index contributed by atoms with van der Waals surface area (Å²) in [5.41, 5.74) is -0.130. The van der Waals surface area contributed by atoms with Crippen molar-refractivity contribution in [2.24, 2.45) is 0 Å². The van der Waals surface area contributed by atoms with Crippen molar-refractivity contribution in [1.82, 2.24) is 9.78 Å². The molecule has 1 aromatic heterocycles. The van der Waals surface area contributed by atoms with E-state index in [1.165, 1.54) is 4.68 Å². The molecule has 0 amide bonds. The Labute approximate surface area is 121 Å². The third kappa shape index (κ3) is 2.95. The quantitative estimate of drug-likeness (QED) is 0.695. The summed E-state index contributed by atoms with van der Waals surface area (Å²) in [7, 11) is 0. The fraction of sp³-hybridized carbons (Fsp3) is 0.250. The molecule has 2 rings (SSSR count). The number of benzene rings is 1. The Balaban J connectivity index is 2.63. The van der Waals surface area contributed by atoms with Gasteiger partial charge in [0.05, 0.1) is 21.2 Å². The van der Waals surface area contributed by atoms with Crippen LogP contribution in [0, 0.1) is 0 Å². The summed E-state index contributed by atoms with van der Waals surface area (Å²) in [4.78, 5) is -0.285. The van der Waals surface area contributed by atoms with E-state index in [1.54, 1.807) is 31.2 Å². The molecule has 0 spiro atoms. The van der Waals surface area contributed by atoms with E-state index in [9.17, 15) is 13.2 Å². The molecule has 0 aliphatic carbocycles. The second kappa shape index (κ2) is 5.17. The highest BCUT2D eigenvalue weighted by Crippen LogP contribution is 2.34. The third-order valence-corrected chi connectivity index (χ3v) is 3.30. The lowest BCUT2D eigenvalue weighted by atomic mass is 10.2. The average molecular weight is 354 g/mol. The Bertz CT molecular complexity index is 593. The number of para-hydroxylation sites is 1. The van der Waals surface area contributed by atoms with Crippen LogP contribution in [-0.2, 0) is 6.18 Å². The van der Waals surface area contributed by atoms with Crippen LogP contribution >= 0.6 is 27.5 Å². The smallest absolute Gasteiger partial charge is 0.235 e. The van der Waals surface area contributed by atoms with Crippen molar-refractivity contribution in [3.05, 3.63) is 46.7 Å². The van der Waals surface area contributed by atoms with Gasteiger partial charge in [0, 0.05) is 0 Å². The maximum Gasteiger partial charge on any atom is 0.435 e. The summed E-state index contributed by atoms with van der Waals surface area (Å²) in [6.45, 7) is 1.73. The van der Waals surface area contributed by atoms with Crippen LogP contribution in [0.4, 0.5) is 13.2 Å². The van der Waals surface area contributed by atoms with Gasteiger partial charge in [-0.15, -0.1) is 0 Å². The van der Waals surface area contributed by atoms with Gasteiger partial charge in [-0.25, -0.2) is 4.68 Å². The Morgan fingerprint density at radius 1 is 1.32 bits per heavy atom. The van der Waals surface area contributed by atoms with Crippen LogP contribution < -0.4 is 0 Å². The zero-order valence-corrected chi connectivity index (χ0v) is 12.1. The molecular formula is C12H9BrClF3N2. The fourth-order valence-corrected chi connectivity index (χ4v) is 2.18. The number of nitrogens with zero attached hydrogens (tertiary/aromatic N) is 2. The van der Waals surface area contributed by atoms with Crippen LogP contribution in [0.3, 0.4) is 0 Å². The van der Waals surface area contributed by atoms with Gasteiger partial charge in [0.25, 0.3) is 0 Å². The predicted octanol–water partition coefficient (Wildman–Crippen LogP) is 5.00. The van der Waals surface area contributed by atoms with Crippen LogP contribution in [0.2, 0.25) is 5.02 Å². The molecule has 0 saturated heterocycles. The Morgan fingerprint density at radius 3 is 2.47 bits per heavy atom. The topological polar surface area (TPSA) is 17.8 Å². The summed E-state index contributed by atoms with van der Waals surface area (Å²) in [5, 5.41) is 3.95. The SMILES string of the molecule is CC(Br)c1cc(C(F)(F)F)nn1-c1ccccc1Cl. The summed E-state index contributed by atoms with van der Waals surface area (Å²) in [6, 6.07) is 7.64. The van der Waals surface area contributed by atoms with E-state index in [0.717, 1.165) is 6.07 Å². The van der Waals surface area contributed by atoms with Crippen LogP contribution in [-0.4, -0.2) is 9.78 Å². The largest absolute Gasteiger partial charge is 0.435 e. The Morgan fingerprint density at radius 2 is 1.95 bits per heavy atom. The van der Waals surface area contributed by atoms with Gasteiger partial charge >= 0.3 is 6.18 Å². The van der Waals surface area contributed by atoms with Crippen LogP contribution in [0.1, 0.15) is 23.1 Å². The molecule has 1 atom stereocenters. The summed E-state index contributed by atoms with van der Waals surface area (Å²) >= 11 is 9.27. The molecule has 0 aliphatic rings. The van der Waals surface area contributed by atoms with Crippen molar-refractivity contribution in [1.29, 1.82) is 0 Å². The first kappa shape index (κ1) is 14.4. The van der Waals surface area contributed by atoms with Gasteiger partial charge in [-0.1, -0.05) is 39.7 Å². The Kier molecular flexibility index (Phi) is 3.92. The highest BCUT2D eigenvalue weighted by Gasteiger charge is 2.35. The van der Waals surface area contributed by atoms with Crippen LogP contribution in [0.25, 0.3) is 5.69 Å². The van der Waals surface area contributed by atoms with E-state index in [2.05, 4.69) is 21.0 Å². The molecule has 0 aliphatic heterocycles. The molecule has 0 saturated carbocycles. The van der Waals surface area contributed by atoms with E-state index in [1.807, 2.05) is 0 Å². The zero-order chi connectivity index (χ0) is 14.2. The van der Waals surface area contributed by atoms with E-state index < -0.39 is 11.9 Å².